The van der Waals surface area contributed by atoms with Crippen LogP contribution in [-0.4, -0.2) is 33.8 Å². The number of amides is 1. The lowest BCUT2D eigenvalue weighted by atomic mass is 9.85. The summed E-state index contributed by atoms with van der Waals surface area (Å²) in [7, 11) is 0. The monoisotopic (exact) mass is 301 g/mol. The van der Waals surface area contributed by atoms with E-state index in [1.807, 2.05) is 6.92 Å². The van der Waals surface area contributed by atoms with E-state index < -0.39 is 0 Å². The first-order chi connectivity index (χ1) is 10.6. The first-order valence-corrected chi connectivity index (χ1v) is 7.41. The van der Waals surface area contributed by atoms with E-state index in [9.17, 15) is 9.90 Å². The van der Waals surface area contributed by atoms with Gasteiger partial charge in [-0.3, -0.25) is 4.79 Å². The lowest BCUT2D eigenvalue weighted by Crippen LogP contribution is -2.44. The van der Waals surface area contributed by atoms with Crippen molar-refractivity contribution in [3.8, 4) is 11.4 Å². The molecule has 2 aromatic rings. The smallest absolute Gasteiger partial charge is 0.251 e. The number of hydrogen-bond acceptors (Lipinski definition) is 5. The van der Waals surface area contributed by atoms with E-state index >= 15 is 0 Å². The molecule has 1 saturated carbocycles. The normalized spacial score (nSPS) is 24.4. The fraction of sp³-hybridized carbons (Fsp3) is 0.438. The van der Waals surface area contributed by atoms with Gasteiger partial charge in [-0.25, -0.2) is 0 Å². The molecule has 116 valence electrons. The number of nitrogens with one attached hydrogen (secondary N) is 1. The zero-order valence-corrected chi connectivity index (χ0v) is 12.5. The molecule has 0 saturated heterocycles. The van der Waals surface area contributed by atoms with Crippen LogP contribution in [0, 0.1) is 5.41 Å². The van der Waals surface area contributed by atoms with E-state index in [-0.39, 0.29) is 24.0 Å². The van der Waals surface area contributed by atoms with Crippen molar-refractivity contribution >= 4 is 5.91 Å². The summed E-state index contributed by atoms with van der Waals surface area (Å²) in [6.45, 7) is 2.11. The molecule has 1 heterocycles. The van der Waals surface area contributed by atoms with Gasteiger partial charge in [0, 0.05) is 22.6 Å². The van der Waals surface area contributed by atoms with Gasteiger partial charge in [0.2, 0.25) is 12.2 Å². The van der Waals surface area contributed by atoms with E-state index in [4.69, 9.17) is 4.52 Å². The molecule has 6 nitrogen and oxygen atoms in total. The molecule has 2 atom stereocenters. The number of benzene rings is 1. The van der Waals surface area contributed by atoms with Crippen molar-refractivity contribution in [3.05, 3.63) is 36.2 Å². The van der Waals surface area contributed by atoms with E-state index in [2.05, 4.69) is 15.5 Å². The minimum atomic E-state index is -0.222. The van der Waals surface area contributed by atoms with Crippen molar-refractivity contribution in [1.29, 1.82) is 0 Å². The van der Waals surface area contributed by atoms with Crippen LogP contribution in [-0.2, 0) is 0 Å². The van der Waals surface area contributed by atoms with Gasteiger partial charge in [0.15, 0.2) is 0 Å². The Morgan fingerprint density at radius 1 is 1.45 bits per heavy atom. The number of nitrogens with zero attached hydrogens (tertiary/aromatic N) is 2. The quantitative estimate of drug-likeness (QED) is 0.902. The van der Waals surface area contributed by atoms with Gasteiger partial charge in [-0.15, -0.1) is 0 Å². The van der Waals surface area contributed by atoms with Crippen LogP contribution in [0.3, 0.4) is 0 Å². The molecule has 22 heavy (non-hydrogen) atoms. The second-order valence-electron chi connectivity index (χ2n) is 6.06. The molecule has 0 radical (unpaired) electrons. The summed E-state index contributed by atoms with van der Waals surface area (Å²) in [6, 6.07) is 7.08. The third kappa shape index (κ3) is 2.74. The highest BCUT2D eigenvalue weighted by Crippen LogP contribution is 2.37. The maximum absolute atomic E-state index is 12.4. The van der Waals surface area contributed by atoms with Crippen molar-refractivity contribution in [2.45, 2.75) is 32.2 Å². The maximum atomic E-state index is 12.4. The molecule has 3 rings (SSSR count). The zero-order valence-electron chi connectivity index (χ0n) is 12.5. The predicted octanol–water partition coefficient (Wildman–Crippen LogP) is 2.02. The zero-order chi connectivity index (χ0) is 15.6. The predicted molar refractivity (Wildman–Crippen MR) is 80.0 cm³/mol. The van der Waals surface area contributed by atoms with E-state index in [0.717, 1.165) is 24.8 Å². The van der Waals surface area contributed by atoms with E-state index in [1.54, 1.807) is 24.3 Å². The molecule has 1 aliphatic carbocycles. The standard InChI is InChI=1S/C16H19N3O3/c1-16(9-20)8-2-3-13(16)18-15(21)12-6-4-11(5-7-12)14-17-10-22-19-14/h4-7,10,13,20H,2-3,8-9H2,1H3,(H,18,21). The number of aliphatic hydroxyl groups excluding tert-OH is 1. The molecule has 0 aliphatic heterocycles. The van der Waals surface area contributed by atoms with Crippen LogP contribution in [0.2, 0.25) is 0 Å². The Kier molecular flexibility index (Phi) is 3.94. The molecule has 2 N–H and O–H groups in total. The van der Waals surface area contributed by atoms with Crippen LogP contribution in [0.4, 0.5) is 0 Å². The molecule has 6 heteroatoms. The summed E-state index contributed by atoms with van der Waals surface area (Å²) in [4.78, 5) is 16.3. The van der Waals surface area contributed by atoms with Gasteiger partial charge >= 0.3 is 0 Å². The average molecular weight is 301 g/mol. The van der Waals surface area contributed by atoms with Crippen molar-refractivity contribution in [2.24, 2.45) is 5.41 Å². The SMILES string of the molecule is CC1(CO)CCCC1NC(=O)c1ccc(-c2ncon2)cc1. The van der Waals surface area contributed by atoms with Crippen LogP contribution in [0.25, 0.3) is 11.4 Å². The summed E-state index contributed by atoms with van der Waals surface area (Å²) in [5.41, 5.74) is 1.16. The highest BCUT2D eigenvalue weighted by atomic mass is 16.5. The third-order valence-corrected chi connectivity index (χ3v) is 4.52. The number of rotatable bonds is 4. The van der Waals surface area contributed by atoms with Gasteiger partial charge in [0.25, 0.3) is 5.91 Å². The van der Waals surface area contributed by atoms with Crippen molar-refractivity contribution < 1.29 is 14.4 Å². The van der Waals surface area contributed by atoms with Crippen LogP contribution in [0.15, 0.2) is 35.2 Å². The Morgan fingerprint density at radius 3 is 2.86 bits per heavy atom. The lowest BCUT2D eigenvalue weighted by molar-refractivity contribution is 0.0830. The lowest BCUT2D eigenvalue weighted by Gasteiger charge is -2.30. The minimum Gasteiger partial charge on any atom is -0.396 e. The first-order valence-electron chi connectivity index (χ1n) is 7.41. The molecule has 2 unspecified atom stereocenters. The fourth-order valence-electron chi connectivity index (χ4n) is 2.98. The molecular formula is C16H19N3O3. The van der Waals surface area contributed by atoms with E-state index in [0.29, 0.717) is 11.4 Å². The summed E-state index contributed by atoms with van der Waals surface area (Å²) in [6.07, 6.45) is 4.14. The van der Waals surface area contributed by atoms with Gasteiger partial charge in [-0.2, -0.15) is 4.98 Å². The third-order valence-electron chi connectivity index (χ3n) is 4.52. The van der Waals surface area contributed by atoms with Crippen molar-refractivity contribution in [3.63, 3.8) is 0 Å². The summed E-state index contributed by atoms with van der Waals surface area (Å²) < 4.78 is 4.71. The Morgan fingerprint density at radius 2 is 2.23 bits per heavy atom. The molecule has 1 amide bonds. The van der Waals surface area contributed by atoms with Gasteiger partial charge in [-0.05, 0) is 25.0 Å². The molecule has 0 bridgehead atoms. The molecule has 1 aromatic heterocycles. The highest BCUT2D eigenvalue weighted by Gasteiger charge is 2.39. The summed E-state index contributed by atoms with van der Waals surface area (Å²) in [5, 5.41) is 16.3. The molecular weight excluding hydrogens is 282 g/mol. The van der Waals surface area contributed by atoms with Crippen LogP contribution in [0.1, 0.15) is 36.5 Å². The number of carbonyl (C=O) groups is 1. The van der Waals surface area contributed by atoms with Crippen LogP contribution in [0.5, 0.6) is 0 Å². The van der Waals surface area contributed by atoms with Crippen molar-refractivity contribution in [2.75, 3.05) is 6.61 Å². The van der Waals surface area contributed by atoms with Crippen molar-refractivity contribution in [1.82, 2.24) is 15.5 Å². The Labute approximate surface area is 128 Å². The van der Waals surface area contributed by atoms with E-state index in [1.165, 1.54) is 6.39 Å². The second kappa shape index (κ2) is 5.88. The Balaban J connectivity index is 1.70. The number of aliphatic hydroxyl groups is 1. The Hall–Kier alpha value is -2.21. The first kappa shape index (κ1) is 14.7. The maximum Gasteiger partial charge on any atom is 0.251 e. The van der Waals surface area contributed by atoms with Crippen LogP contribution >= 0.6 is 0 Å². The van der Waals surface area contributed by atoms with Gasteiger partial charge < -0.3 is 14.9 Å². The summed E-state index contributed by atoms with van der Waals surface area (Å²) in [5.74, 6) is 0.377. The largest absolute Gasteiger partial charge is 0.396 e. The fourth-order valence-corrected chi connectivity index (χ4v) is 2.98. The second-order valence-corrected chi connectivity index (χ2v) is 6.06. The molecule has 0 spiro atoms. The topological polar surface area (TPSA) is 88.2 Å². The highest BCUT2D eigenvalue weighted by molar-refractivity contribution is 5.94. The number of hydrogen-bond donors (Lipinski definition) is 2. The number of aromatic nitrogens is 2. The Bertz CT molecular complexity index is 639. The minimum absolute atomic E-state index is 0.0156. The summed E-state index contributed by atoms with van der Waals surface area (Å²) >= 11 is 0. The van der Waals surface area contributed by atoms with Crippen LogP contribution < -0.4 is 5.32 Å². The average Bonchev–Trinajstić information content (AvgIpc) is 3.19. The number of carbonyl (C=O) groups excluding carboxylic acids is 1. The molecule has 1 fully saturated rings. The van der Waals surface area contributed by atoms with Gasteiger partial charge in [-0.1, -0.05) is 30.6 Å². The molecule has 1 aromatic carbocycles. The molecule has 1 aliphatic rings. The van der Waals surface area contributed by atoms with Gasteiger partial charge in [0.1, 0.15) is 0 Å². The van der Waals surface area contributed by atoms with Gasteiger partial charge in [0.05, 0.1) is 6.61 Å².